The van der Waals surface area contributed by atoms with Crippen LogP contribution in [0.15, 0.2) is 84.9 Å². The van der Waals surface area contributed by atoms with E-state index in [1.807, 2.05) is 6.92 Å². The minimum atomic E-state index is -0.769. The number of aromatic amines is 1. The molecule has 0 amide bonds. The van der Waals surface area contributed by atoms with Gasteiger partial charge in [-0.05, 0) is 35.1 Å². The number of piperazine rings is 1. The van der Waals surface area contributed by atoms with E-state index in [-0.39, 0.29) is 54.6 Å². The predicted molar refractivity (Wildman–Crippen MR) is 177 cm³/mol. The Morgan fingerprint density at radius 2 is 1.37 bits per heavy atom. The molecule has 0 bridgehead atoms. The Bertz CT molecular complexity index is 1300. The maximum absolute atomic E-state index is 12.2. The smallest absolute Gasteiger partial charge is 0.137 e. The molecule has 4 aromatic rings. The van der Waals surface area contributed by atoms with Crippen LogP contribution < -0.4 is 5.32 Å². The largest absolute Gasteiger partial charge is 0.385 e. The number of halogens is 3. The highest BCUT2D eigenvalue weighted by molar-refractivity contribution is 5.86. The van der Waals surface area contributed by atoms with Crippen LogP contribution in [0.1, 0.15) is 60.9 Å². The van der Waals surface area contributed by atoms with Gasteiger partial charge in [0.25, 0.3) is 0 Å². The first-order valence-electron chi connectivity index (χ1n) is 13.7. The highest BCUT2D eigenvalue weighted by atomic mass is 35.5. The fraction of sp³-hybridized carbons (Fsp3) is 0.364. The number of benzene rings is 3. The normalized spacial score (nSPS) is 15.3. The number of aryl methyl sites for hydroxylation is 1. The number of nitrogens with zero attached hydrogens (tertiary/aromatic N) is 2. The lowest BCUT2D eigenvalue weighted by atomic mass is 9.80. The third-order valence-corrected chi connectivity index (χ3v) is 7.76. The molecule has 0 aliphatic carbocycles. The van der Waals surface area contributed by atoms with Crippen molar-refractivity contribution in [2.45, 2.75) is 51.2 Å². The SMILES string of the molecule is Cc1[nH]c(-c2cccc(C(C)(C)C)c2)nc1C(O)C(C(c1ccccc1)c1ccccc1)N1CCNCC1.Cl.Cl.Cl. The summed E-state index contributed by atoms with van der Waals surface area (Å²) in [5.41, 5.74) is 6.39. The molecular weight excluding hydrogens is 575 g/mol. The molecule has 3 N–H and O–H groups in total. The van der Waals surface area contributed by atoms with Gasteiger partial charge < -0.3 is 15.4 Å². The van der Waals surface area contributed by atoms with Crippen molar-refractivity contribution in [1.82, 2.24) is 20.2 Å². The average molecular weight is 618 g/mol. The summed E-state index contributed by atoms with van der Waals surface area (Å²) in [7, 11) is 0. The Labute approximate surface area is 263 Å². The van der Waals surface area contributed by atoms with Gasteiger partial charge in [0.05, 0.1) is 11.7 Å². The Morgan fingerprint density at radius 1 is 0.805 bits per heavy atom. The summed E-state index contributed by atoms with van der Waals surface area (Å²) in [4.78, 5) is 11.0. The summed E-state index contributed by atoms with van der Waals surface area (Å²) in [5.74, 6) is 0.798. The van der Waals surface area contributed by atoms with Crippen LogP contribution in [0.5, 0.6) is 0 Å². The summed E-state index contributed by atoms with van der Waals surface area (Å²) in [5, 5.41) is 15.7. The van der Waals surface area contributed by atoms with Gasteiger partial charge >= 0.3 is 0 Å². The van der Waals surface area contributed by atoms with E-state index in [0.29, 0.717) is 0 Å². The van der Waals surface area contributed by atoms with E-state index in [1.54, 1.807) is 0 Å². The van der Waals surface area contributed by atoms with E-state index in [4.69, 9.17) is 4.98 Å². The number of aliphatic hydroxyl groups excluding tert-OH is 1. The second-order valence-electron chi connectivity index (χ2n) is 11.4. The molecule has 3 aromatic carbocycles. The van der Waals surface area contributed by atoms with E-state index in [9.17, 15) is 5.11 Å². The number of aromatic nitrogens is 2. The number of rotatable bonds is 7. The maximum atomic E-state index is 12.2. The van der Waals surface area contributed by atoms with Gasteiger partial charge in [0.15, 0.2) is 0 Å². The van der Waals surface area contributed by atoms with Crippen molar-refractivity contribution in [2.24, 2.45) is 0 Å². The first-order valence-corrected chi connectivity index (χ1v) is 13.7. The molecule has 41 heavy (non-hydrogen) atoms. The van der Waals surface area contributed by atoms with Crippen molar-refractivity contribution in [3.8, 4) is 11.4 Å². The summed E-state index contributed by atoms with van der Waals surface area (Å²) < 4.78 is 0. The van der Waals surface area contributed by atoms with Crippen LogP contribution in [0.25, 0.3) is 11.4 Å². The zero-order valence-corrected chi connectivity index (χ0v) is 26.7. The molecule has 1 saturated heterocycles. The molecule has 1 aromatic heterocycles. The lowest BCUT2D eigenvalue weighted by molar-refractivity contribution is 0.0295. The van der Waals surface area contributed by atoms with Gasteiger partial charge in [-0.3, -0.25) is 4.90 Å². The molecule has 0 radical (unpaired) electrons. The number of hydrogen-bond donors (Lipinski definition) is 3. The Hall–Kier alpha value is -2.38. The number of H-pyrrole nitrogens is 1. The molecule has 0 spiro atoms. The number of hydrogen-bond acceptors (Lipinski definition) is 4. The van der Waals surface area contributed by atoms with Gasteiger partial charge in [-0.15, -0.1) is 37.2 Å². The number of aliphatic hydroxyl groups is 1. The van der Waals surface area contributed by atoms with Gasteiger partial charge in [-0.1, -0.05) is 99.6 Å². The molecule has 0 saturated carbocycles. The van der Waals surface area contributed by atoms with Gasteiger partial charge in [0, 0.05) is 43.4 Å². The molecule has 2 heterocycles. The summed E-state index contributed by atoms with van der Waals surface area (Å²) in [6.07, 6.45) is -0.769. The highest BCUT2D eigenvalue weighted by Crippen LogP contribution is 2.39. The second kappa shape index (κ2) is 15.2. The van der Waals surface area contributed by atoms with Crippen molar-refractivity contribution in [1.29, 1.82) is 0 Å². The van der Waals surface area contributed by atoms with Crippen molar-refractivity contribution < 1.29 is 5.11 Å². The molecule has 1 fully saturated rings. The quantitative estimate of drug-likeness (QED) is 0.207. The number of nitrogens with one attached hydrogen (secondary N) is 2. The predicted octanol–water partition coefficient (Wildman–Crippen LogP) is 7.09. The van der Waals surface area contributed by atoms with Crippen LogP contribution in [0.3, 0.4) is 0 Å². The van der Waals surface area contributed by atoms with E-state index >= 15 is 0 Å². The van der Waals surface area contributed by atoms with Crippen LogP contribution >= 0.6 is 37.2 Å². The zero-order valence-electron chi connectivity index (χ0n) is 24.2. The molecule has 5 nitrogen and oxygen atoms in total. The monoisotopic (exact) mass is 616 g/mol. The van der Waals surface area contributed by atoms with Crippen molar-refractivity contribution in [3.63, 3.8) is 0 Å². The van der Waals surface area contributed by atoms with Crippen molar-refractivity contribution in [2.75, 3.05) is 26.2 Å². The van der Waals surface area contributed by atoms with Crippen LogP contribution in [-0.2, 0) is 5.41 Å². The second-order valence-corrected chi connectivity index (χ2v) is 11.4. The molecule has 1 aliphatic rings. The fourth-order valence-corrected chi connectivity index (χ4v) is 5.67. The lowest BCUT2D eigenvalue weighted by Gasteiger charge is -2.42. The third-order valence-electron chi connectivity index (χ3n) is 7.76. The number of imidazole rings is 1. The first-order chi connectivity index (χ1) is 18.3. The standard InChI is InChI=1S/C33H40N4O.3ClH/c1-23-29(36-32(35-23)26-16-11-17-27(22-26)33(2,3)4)31(38)30(37-20-18-34-19-21-37)28(24-12-7-5-8-13-24)25-14-9-6-10-15-25;;;/h5-17,22,28,30-31,34,38H,18-21H2,1-4H3,(H,35,36);3*1H. The fourth-order valence-electron chi connectivity index (χ4n) is 5.67. The lowest BCUT2D eigenvalue weighted by Crippen LogP contribution is -2.52. The zero-order chi connectivity index (χ0) is 26.7. The van der Waals surface area contributed by atoms with Crippen molar-refractivity contribution >= 4 is 37.2 Å². The van der Waals surface area contributed by atoms with E-state index in [0.717, 1.165) is 49.0 Å². The van der Waals surface area contributed by atoms with E-state index in [1.165, 1.54) is 16.7 Å². The van der Waals surface area contributed by atoms with Crippen LogP contribution in [0.2, 0.25) is 0 Å². The Balaban J connectivity index is 0.00000196. The van der Waals surface area contributed by atoms with Gasteiger partial charge in [0.2, 0.25) is 0 Å². The molecular formula is C33H43Cl3N4O. The van der Waals surface area contributed by atoms with Crippen LogP contribution in [-0.4, -0.2) is 52.2 Å². The van der Waals surface area contributed by atoms with Gasteiger partial charge in [0.1, 0.15) is 11.9 Å². The maximum Gasteiger partial charge on any atom is 0.137 e. The molecule has 8 heteroatoms. The average Bonchev–Trinajstić information content (AvgIpc) is 3.34. The molecule has 2 atom stereocenters. The topological polar surface area (TPSA) is 64.2 Å². The summed E-state index contributed by atoms with van der Waals surface area (Å²) in [6.45, 7) is 12.3. The molecule has 2 unspecified atom stereocenters. The first kappa shape index (κ1) is 34.8. The molecule has 5 rings (SSSR count). The summed E-state index contributed by atoms with van der Waals surface area (Å²) >= 11 is 0. The van der Waals surface area contributed by atoms with Gasteiger partial charge in [-0.2, -0.15) is 0 Å². The van der Waals surface area contributed by atoms with E-state index < -0.39 is 6.10 Å². The Morgan fingerprint density at radius 3 is 1.90 bits per heavy atom. The van der Waals surface area contributed by atoms with E-state index in [2.05, 4.69) is 121 Å². The van der Waals surface area contributed by atoms with Crippen LogP contribution in [0.4, 0.5) is 0 Å². The minimum absolute atomic E-state index is 0. The highest BCUT2D eigenvalue weighted by Gasteiger charge is 2.38. The third kappa shape index (κ3) is 7.92. The summed E-state index contributed by atoms with van der Waals surface area (Å²) in [6, 6.07) is 29.6. The molecule has 1 aliphatic heterocycles. The molecule has 222 valence electrons. The van der Waals surface area contributed by atoms with Crippen LogP contribution in [0, 0.1) is 6.92 Å². The minimum Gasteiger partial charge on any atom is -0.385 e. The Kier molecular flexibility index (Phi) is 12.9. The van der Waals surface area contributed by atoms with Crippen molar-refractivity contribution in [3.05, 3.63) is 113 Å². The van der Waals surface area contributed by atoms with Gasteiger partial charge in [-0.25, -0.2) is 4.98 Å².